The second-order valence-electron chi connectivity index (χ2n) is 2.44. The van der Waals surface area contributed by atoms with Crippen molar-refractivity contribution in [1.29, 1.82) is 0 Å². The summed E-state index contributed by atoms with van der Waals surface area (Å²) in [4.78, 5) is 9.63. The molecule has 1 aromatic rings. The summed E-state index contributed by atoms with van der Waals surface area (Å²) in [6.45, 7) is 0. The minimum absolute atomic E-state index is 0.0399. The highest BCUT2D eigenvalue weighted by molar-refractivity contribution is 5.99. The Balaban J connectivity index is 3.20. The fraction of sp³-hybridized carbons (Fsp3) is 0. The Labute approximate surface area is 78.2 Å². The van der Waals surface area contributed by atoms with Crippen molar-refractivity contribution in [2.45, 2.75) is 0 Å². The van der Waals surface area contributed by atoms with Crippen molar-refractivity contribution >= 4 is 11.5 Å². The van der Waals surface area contributed by atoms with E-state index in [0.717, 1.165) is 12.1 Å². The predicted octanol–water partition coefficient (Wildman–Crippen LogP) is 0.395. The molecule has 0 atom stereocenters. The van der Waals surface area contributed by atoms with Gasteiger partial charge in [0, 0.05) is 6.07 Å². The molecular formula is C7H7N3O4. The van der Waals surface area contributed by atoms with Crippen LogP contribution in [0.1, 0.15) is 5.56 Å². The van der Waals surface area contributed by atoms with Gasteiger partial charge < -0.3 is 16.0 Å². The van der Waals surface area contributed by atoms with Crippen molar-refractivity contribution in [3.63, 3.8) is 0 Å². The van der Waals surface area contributed by atoms with Crippen LogP contribution in [0.5, 0.6) is 5.75 Å². The fourth-order valence-corrected chi connectivity index (χ4v) is 0.904. The Morgan fingerprint density at radius 1 is 1.57 bits per heavy atom. The minimum atomic E-state index is -0.657. The molecule has 0 unspecified atom stereocenters. The Morgan fingerprint density at radius 2 is 2.21 bits per heavy atom. The first-order chi connectivity index (χ1) is 6.56. The standard InChI is InChI=1S/C7H7N3O4/c8-7(9-12)5-2-1-4(10(13)14)3-6(5)11/h1-3,11-12H,(H2,8,9). The van der Waals surface area contributed by atoms with Crippen LogP contribution in [0, 0.1) is 10.1 Å². The van der Waals surface area contributed by atoms with E-state index in [0.29, 0.717) is 0 Å². The number of hydrogen-bond donors (Lipinski definition) is 3. The van der Waals surface area contributed by atoms with Gasteiger partial charge in [-0.05, 0) is 6.07 Å². The monoisotopic (exact) mass is 197 g/mol. The number of hydrogen-bond acceptors (Lipinski definition) is 5. The number of nitrogens with two attached hydrogens (primary N) is 1. The topological polar surface area (TPSA) is 122 Å². The van der Waals surface area contributed by atoms with E-state index in [9.17, 15) is 15.2 Å². The molecule has 74 valence electrons. The second kappa shape index (κ2) is 3.60. The summed E-state index contributed by atoms with van der Waals surface area (Å²) in [7, 11) is 0. The number of oxime groups is 1. The van der Waals surface area contributed by atoms with E-state index in [-0.39, 0.29) is 17.1 Å². The minimum Gasteiger partial charge on any atom is -0.507 e. The molecule has 0 radical (unpaired) electrons. The zero-order valence-corrected chi connectivity index (χ0v) is 6.91. The number of phenolic OH excluding ortho intramolecular Hbond substituents is 1. The normalized spacial score (nSPS) is 11.3. The number of amidine groups is 1. The Morgan fingerprint density at radius 3 is 2.64 bits per heavy atom. The molecule has 0 aliphatic carbocycles. The molecule has 0 heterocycles. The number of phenols is 1. The zero-order valence-electron chi connectivity index (χ0n) is 6.91. The molecule has 1 aromatic carbocycles. The Hall–Kier alpha value is -2.31. The van der Waals surface area contributed by atoms with Gasteiger partial charge in [-0.25, -0.2) is 0 Å². The quantitative estimate of drug-likeness (QED) is 0.208. The van der Waals surface area contributed by atoms with Crippen LogP contribution in [0.3, 0.4) is 0 Å². The van der Waals surface area contributed by atoms with Crippen LogP contribution in [0.15, 0.2) is 23.4 Å². The first-order valence-corrected chi connectivity index (χ1v) is 3.51. The van der Waals surface area contributed by atoms with Gasteiger partial charge in [0.1, 0.15) is 5.75 Å². The molecular weight excluding hydrogens is 190 g/mol. The molecule has 0 aliphatic heterocycles. The van der Waals surface area contributed by atoms with Gasteiger partial charge in [-0.1, -0.05) is 5.16 Å². The van der Waals surface area contributed by atoms with Crippen molar-refractivity contribution < 1.29 is 15.2 Å². The SMILES string of the molecule is NC(=NO)c1ccc([N+](=O)[O-])cc1O. The molecule has 4 N–H and O–H groups in total. The summed E-state index contributed by atoms with van der Waals surface area (Å²) in [5.74, 6) is -0.716. The van der Waals surface area contributed by atoms with E-state index in [4.69, 9.17) is 10.9 Å². The van der Waals surface area contributed by atoms with Crippen molar-refractivity contribution in [3.8, 4) is 5.75 Å². The molecule has 1 rings (SSSR count). The van der Waals surface area contributed by atoms with Crippen LogP contribution in [0.25, 0.3) is 0 Å². The lowest BCUT2D eigenvalue weighted by molar-refractivity contribution is -0.384. The van der Waals surface area contributed by atoms with Gasteiger partial charge in [0.15, 0.2) is 5.84 Å². The second-order valence-corrected chi connectivity index (χ2v) is 2.44. The molecule has 0 bridgehead atoms. The third kappa shape index (κ3) is 1.71. The molecule has 0 fully saturated rings. The van der Waals surface area contributed by atoms with Gasteiger partial charge in [-0.2, -0.15) is 0 Å². The van der Waals surface area contributed by atoms with Crippen LogP contribution in [-0.4, -0.2) is 21.1 Å². The van der Waals surface area contributed by atoms with Crippen LogP contribution >= 0.6 is 0 Å². The lowest BCUT2D eigenvalue weighted by atomic mass is 10.1. The third-order valence-electron chi connectivity index (χ3n) is 1.58. The molecule has 7 heteroatoms. The average Bonchev–Trinajstić information content (AvgIpc) is 2.16. The van der Waals surface area contributed by atoms with Gasteiger partial charge >= 0.3 is 0 Å². The van der Waals surface area contributed by atoms with Gasteiger partial charge in [-0.3, -0.25) is 10.1 Å². The maximum atomic E-state index is 10.3. The van der Waals surface area contributed by atoms with Crippen LogP contribution in [-0.2, 0) is 0 Å². The number of non-ortho nitro benzene ring substituents is 1. The van der Waals surface area contributed by atoms with E-state index in [1.807, 2.05) is 0 Å². The smallest absolute Gasteiger partial charge is 0.273 e. The van der Waals surface area contributed by atoms with Crippen molar-refractivity contribution in [3.05, 3.63) is 33.9 Å². The highest BCUT2D eigenvalue weighted by Gasteiger charge is 2.12. The Kier molecular flexibility index (Phi) is 2.52. The molecule has 14 heavy (non-hydrogen) atoms. The zero-order chi connectivity index (χ0) is 10.7. The summed E-state index contributed by atoms with van der Waals surface area (Å²) in [5, 5.41) is 30.5. The van der Waals surface area contributed by atoms with E-state index in [1.165, 1.54) is 6.07 Å². The molecule has 0 aromatic heterocycles. The summed E-state index contributed by atoms with van der Waals surface area (Å²) >= 11 is 0. The highest BCUT2D eigenvalue weighted by atomic mass is 16.6. The Bertz CT molecular complexity index is 402. The largest absolute Gasteiger partial charge is 0.507 e. The summed E-state index contributed by atoms with van der Waals surface area (Å²) in [6.07, 6.45) is 0. The number of nitro benzene ring substituents is 1. The maximum Gasteiger partial charge on any atom is 0.273 e. The van der Waals surface area contributed by atoms with E-state index in [2.05, 4.69) is 5.16 Å². The molecule has 7 nitrogen and oxygen atoms in total. The summed E-state index contributed by atoms with van der Waals surface area (Å²) < 4.78 is 0. The number of rotatable bonds is 2. The lowest BCUT2D eigenvalue weighted by Gasteiger charge is -2.01. The first kappa shape index (κ1) is 9.78. The number of nitro groups is 1. The molecule has 0 saturated heterocycles. The van der Waals surface area contributed by atoms with E-state index in [1.54, 1.807) is 0 Å². The van der Waals surface area contributed by atoms with Crippen LogP contribution in [0.2, 0.25) is 0 Å². The number of benzene rings is 1. The summed E-state index contributed by atoms with van der Waals surface area (Å²) in [5.41, 5.74) is 4.96. The number of nitrogens with zero attached hydrogens (tertiary/aromatic N) is 2. The molecule has 0 spiro atoms. The van der Waals surface area contributed by atoms with Gasteiger partial charge in [-0.15, -0.1) is 0 Å². The first-order valence-electron chi connectivity index (χ1n) is 3.51. The van der Waals surface area contributed by atoms with E-state index >= 15 is 0 Å². The third-order valence-corrected chi connectivity index (χ3v) is 1.58. The van der Waals surface area contributed by atoms with Gasteiger partial charge in [0.2, 0.25) is 0 Å². The maximum absolute atomic E-state index is 10.3. The van der Waals surface area contributed by atoms with Crippen LogP contribution in [0.4, 0.5) is 5.69 Å². The summed E-state index contributed by atoms with van der Waals surface area (Å²) in [6, 6.07) is 3.27. The van der Waals surface area contributed by atoms with Crippen molar-refractivity contribution in [1.82, 2.24) is 0 Å². The van der Waals surface area contributed by atoms with Crippen molar-refractivity contribution in [2.75, 3.05) is 0 Å². The lowest BCUT2D eigenvalue weighted by Crippen LogP contribution is -2.13. The highest BCUT2D eigenvalue weighted by Crippen LogP contribution is 2.22. The molecule has 0 amide bonds. The van der Waals surface area contributed by atoms with Gasteiger partial charge in [0.25, 0.3) is 5.69 Å². The average molecular weight is 197 g/mol. The molecule has 0 aliphatic rings. The molecule has 0 saturated carbocycles. The van der Waals surface area contributed by atoms with Crippen LogP contribution < -0.4 is 5.73 Å². The number of aromatic hydroxyl groups is 1. The van der Waals surface area contributed by atoms with Crippen molar-refractivity contribution in [2.24, 2.45) is 10.9 Å². The predicted molar refractivity (Wildman–Crippen MR) is 47.3 cm³/mol. The fourth-order valence-electron chi connectivity index (χ4n) is 0.904. The van der Waals surface area contributed by atoms with E-state index < -0.39 is 10.7 Å². The van der Waals surface area contributed by atoms with Gasteiger partial charge in [0.05, 0.1) is 16.6 Å².